The lowest BCUT2D eigenvalue weighted by Crippen LogP contribution is -2.53. The Hall–Kier alpha value is -2.87. The summed E-state index contributed by atoms with van der Waals surface area (Å²) in [6, 6.07) is 17.1. The summed E-state index contributed by atoms with van der Waals surface area (Å²) in [6.45, 7) is 4.49. The van der Waals surface area contributed by atoms with Crippen molar-refractivity contribution >= 4 is 27.5 Å². The fraction of sp³-hybridized carbons (Fsp3) is 0.600. The summed E-state index contributed by atoms with van der Waals surface area (Å²) in [6.07, 6.45) is 11.8. The Balaban J connectivity index is 1.36. The van der Waals surface area contributed by atoms with Crippen molar-refractivity contribution in [1.82, 2.24) is 10.2 Å². The van der Waals surface area contributed by atoms with E-state index in [0.717, 1.165) is 42.4 Å². The van der Waals surface area contributed by atoms with E-state index in [0.29, 0.717) is 31.6 Å². The molecule has 2 aromatic rings. The molecule has 2 aromatic carbocycles. The SMILES string of the molecule is CCCCNC(=O)[C@@H](CC)N(CCc1ccccc1)C(=O)CN(c1ccc(C23CC4CC(CC(C4)C2)C3)cc1)S(C)(=O)=O. The van der Waals surface area contributed by atoms with Crippen molar-refractivity contribution in [2.45, 2.75) is 89.5 Å². The van der Waals surface area contributed by atoms with Crippen LogP contribution in [0.3, 0.4) is 0 Å². The van der Waals surface area contributed by atoms with Gasteiger partial charge in [-0.3, -0.25) is 13.9 Å². The fourth-order valence-corrected chi connectivity index (χ4v) is 9.31. The lowest BCUT2D eigenvalue weighted by Gasteiger charge is -2.57. The van der Waals surface area contributed by atoms with Crippen LogP contribution in [0, 0.1) is 17.8 Å². The van der Waals surface area contributed by atoms with Crippen molar-refractivity contribution < 1.29 is 18.0 Å². The third-order valence-electron chi connectivity index (χ3n) is 10.2. The maximum atomic E-state index is 14.0. The topological polar surface area (TPSA) is 86.8 Å². The summed E-state index contributed by atoms with van der Waals surface area (Å²) < 4.78 is 27.4. The Kier molecular flexibility index (Phi) is 9.84. The minimum absolute atomic E-state index is 0.191. The zero-order valence-electron chi connectivity index (χ0n) is 26.1. The van der Waals surface area contributed by atoms with Gasteiger partial charge >= 0.3 is 0 Å². The molecule has 43 heavy (non-hydrogen) atoms. The van der Waals surface area contributed by atoms with Gasteiger partial charge in [-0.1, -0.05) is 62.7 Å². The molecule has 0 aliphatic heterocycles. The molecular weight excluding hydrogens is 558 g/mol. The molecule has 0 radical (unpaired) electrons. The lowest BCUT2D eigenvalue weighted by molar-refractivity contribution is -0.139. The highest BCUT2D eigenvalue weighted by Gasteiger charge is 2.51. The highest BCUT2D eigenvalue weighted by Crippen LogP contribution is 2.60. The first-order valence-electron chi connectivity index (χ1n) is 16.3. The summed E-state index contributed by atoms with van der Waals surface area (Å²) in [4.78, 5) is 28.8. The smallest absolute Gasteiger partial charge is 0.244 e. The van der Waals surface area contributed by atoms with Crippen molar-refractivity contribution in [2.75, 3.05) is 30.2 Å². The summed E-state index contributed by atoms with van der Waals surface area (Å²) in [5, 5.41) is 2.98. The zero-order valence-corrected chi connectivity index (χ0v) is 27.0. The van der Waals surface area contributed by atoms with Gasteiger partial charge in [0.25, 0.3) is 0 Å². The van der Waals surface area contributed by atoms with Crippen LogP contribution in [0.2, 0.25) is 0 Å². The first-order chi connectivity index (χ1) is 20.6. The molecule has 4 fully saturated rings. The van der Waals surface area contributed by atoms with Gasteiger partial charge in [-0.05, 0) is 104 Å². The van der Waals surface area contributed by atoms with Gasteiger partial charge in [0.2, 0.25) is 21.8 Å². The molecule has 8 heteroatoms. The first kappa shape index (κ1) is 31.6. The predicted molar refractivity (Wildman–Crippen MR) is 172 cm³/mol. The second-order valence-electron chi connectivity index (χ2n) is 13.4. The minimum Gasteiger partial charge on any atom is -0.354 e. The molecule has 4 saturated carbocycles. The molecular formula is C35H49N3O4S. The van der Waals surface area contributed by atoms with Crippen LogP contribution in [0.1, 0.15) is 82.8 Å². The van der Waals surface area contributed by atoms with E-state index in [-0.39, 0.29) is 23.8 Å². The molecule has 4 aliphatic rings. The van der Waals surface area contributed by atoms with E-state index in [4.69, 9.17) is 0 Å². The molecule has 0 heterocycles. The largest absolute Gasteiger partial charge is 0.354 e. The van der Waals surface area contributed by atoms with E-state index in [1.54, 1.807) is 4.90 Å². The molecule has 0 aromatic heterocycles. The van der Waals surface area contributed by atoms with Gasteiger partial charge in [0, 0.05) is 13.1 Å². The Morgan fingerprint density at radius 2 is 1.53 bits per heavy atom. The van der Waals surface area contributed by atoms with Gasteiger partial charge in [0.1, 0.15) is 12.6 Å². The highest BCUT2D eigenvalue weighted by molar-refractivity contribution is 7.92. The number of carbonyl (C=O) groups excluding carboxylic acids is 2. The van der Waals surface area contributed by atoms with Crippen molar-refractivity contribution in [1.29, 1.82) is 0 Å². The summed E-state index contributed by atoms with van der Waals surface area (Å²) in [7, 11) is -3.76. The second kappa shape index (κ2) is 13.4. The number of unbranched alkanes of at least 4 members (excludes halogenated alkanes) is 1. The Labute approximate surface area is 258 Å². The summed E-state index contributed by atoms with van der Waals surface area (Å²) in [5.74, 6) is 1.91. The van der Waals surface area contributed by atoms with Crippen LogP contribution in [0.4, 0.5) is 5.69 Å². The fourth-order valence-electron chi connectivity index (χ4n) is 8.46. The van der Waals surface area contributed by atoms with E-state index in [1.807, 2.05) is 49.4 Å². The van der Waals surface area contributed by atoms with Crippen molar-refractivity contribution in [3.8, 4) is 0 Å². The Bertz CT molecular complexity index is 1320. The van der Waals surface area contributed by atoms with Crippen LogP contribution >= 0.6 is 0 Å². The van der Waals surface area contributed by atoms with Gasteiger partial charge in [-0.2, -0.15) is 0 Å². The molecule has 1 N–H and O–H groups in total. The molecule has 234 valence electrons. The van der Waals surface area contributed by atoms with Gasteiger partial charge in [0.15, 0.2) is 0 Å². The molecule has 6 rings (SSSR count). The van der Waals surface area contributed by atoms with Crippen LogP contribution in [-0.2, 0) is 31.4 Å². The number of rotatable bonds is 14. The molecule has 1 atom stereocenters. The Morgan fingerprint density at radius 3 is 2.07 bits per heavy atom. The number of benzene rings is 2. The quantitative estimate of drug-likeness (QED) is 0.280. The Morgan fingerprint density at radius 1 is 0.930 bits per heavy atom. The molecule has 7 nitrogen and oxygen atoms in total. The molecule has 4 bridgehead atoms. The number of anilines is 1. The average Bonchev–Trinajstić information content (AvgIpc) is 2.97. The molecule has 4 aliphatic carbocycles. The third-order valence-corrected chi connectivity index (χ3v) is 11.3. The van der Waals surface area contributed by atoms with E-state index < -0.39 is 16.1 Å². The molecule has 2 amide bonds. The number of sulfonamides is 1. The van der Waals surface area contributed by atoms with E-state index in [2.05, 4.69) is 24.4 Å². The maximum Gasteiger partial charge on any atom is 0.244 e. The van der Waals surface area contributed by atoms with Gasteiger partial charge in [0.05, 0.1) is 11.9 Å². The average molecular weight is 608 g/mol. The van der Waals surface area contributed by atoms with Gasteiger partial charge in [-0.15, -0.1) is 0 Å². The van der Waals surface area contributed by atoms with E-state index in [9.17, 15) is 18.0 Å². The monoisotopic (exact) mass is 607 g/mol. The molecule has 0 spiro atoms. The standard InChI is InChI=1S/C35H49N3O4S/c1-4-6-17-36-34(40)32(5-2)37(18-16-26-10-8-7-9-11-26)33(39)25-38(43(3,41)42)31-14-12-30(13-15-31)35-22-27-19-28(23-35)21-29(20-27)24-35/h7-15,27-29,32H,4-6,16-25H2,1-3H3,(H,36,40)/t27?,28?,29?,32-,35?/m1/s1. The number of nitrogens with zero attached hydrogens (tertiary/aromatic N) is 2. The third kappa shape index (κ3) is 7.27. The van der Waals surface area contributed by atoms with Crippen molar-refractivity contribution in [3.05, 3.63) is 65.7 Å². The highest BCUT2D eigenvalue weighted by atomic mass is 32.2. The van der Waals surface area contributed by atoms with Crippen LogP contribution in [0.15, 0.2) is 54.6 Å². The molecule has 0 saturated heterocycles. The maximum absolute atomic E-state index is 14.0. The first-order valence-corrected chi connectivity index (χ1v) is 18.2. The molecule has 0 unspecified atom stereocenters. The van der Waals surface area contributed by atoms with E-state index >= 15 is 0 Å². The van der Waals surface area contributed by atoms with Crippen LogP contribution in [-0.4, -0.2) is 57.1 Å². The predicted octanol–water partition coefficient (Wildman–Crippen LogP) is 5.69. The number of hydrogen-bond acceptors (Lipinski definition) is 4. The second-order valence-corrected chi connectivity index (χ2v) is 15.3. The minimum atomic E-state index is -3.76. The van der Waals surface area contributed by atoms with Crippen LogP contribution < -0.4 is 9.62 Å². The summed E-state index contributed by atoms with van der Waals surface area (Å²) >= 11 is 0. The number of nitrogens with one attached hydrogen (secondary N) is 1. The van der Waals surface area contributed by atoms with Gasteiger partial charge < -0.3 is 10.2 Å². The van der Waals surface area contributed by atoms with E-state index in [1.165, 1.54) is 48.4 Å². The van der Waals surface area contributed by atoms with Crippen LogP contribution in [0.25, 0.3) is 0 Å². The van der Waals surface area contributed by atoms with Crippen LogP contribution in [0.5, 0.6) is 0 Å². The number of hydrogen-bond donors (Lipinski definition) is 1. The van der Waals surface area contributed by atoms with Crippen molar-refractivity contribution in [3.63, 3.8) is 0 Å². The lowest BCUT2D eigenvalue weighted by atomic mass is 9.48. The van der Waals surface area contributed by atoms with Crippen molar-refractivity contribution in [2.24, 2.45) is 17.8 Å². The summed E-state index contributed by atoms with van der Waals surface area (Å²) in [5.41, 5.74) is 3.08. The normalized spacial score (nSPS) is 24.9. The number of amides is 2. The zero-order chi connectivity index (χ0) is 30.6. The number of carbonyl (C=O) groups is 2. The van der Waals surface area contributed by atoms with Gasteiger partial charge in [-0.25, -0.2) is 8.42 Å².